The number of thiol groups is 1. The lowest BCUT2D eigenvalue weighted by atomic mass is 10.4. The lowest BCUT2D eigenvalue weighted by molar-refractivity contribution is -0.575. The molecule has 0 fully saturated rings. The van der Waals surface area contributed by atoms with Gasteiger partial charge in [-0.25, -0.2) is 0 Å². The molecule has 2 rings (SSSR count). The summed E-state index contributed by atoms with van der Waals surface area (Å²) in [5, 5.41) is 5.81. The molecule has 0 aliphatic rings. The van der Waals surface area contributed by atoms with Gasteiger partial charge in [0.2, 0.25) is 17.6 Å². The van der Waals surface area contributed by atoms with Crippen molar-refractivity contribution in [3.05, 3.63) is 30.5 Å². The van der Waals surface area contributed by atoms with E-state index in [2.05, 4.69) is 23.0 Å². The molecular formula is C10H12N3OS+. The van der Waals surface area contributed by atoms with Crippen molar-refractivity contribution < 1.29 is 9.31 Å². The van der Waals surface area contributed by atoms with Crippen LogP contribution in [0.2, 0.25) is 0 Å². The van der Waals surface area contributed by atoms with Crippen LogP contribution in [-0.4, -0.2) is 16.8 Å². The molecule has 0 saturated carbocycles. The maximum absolute atomic E-state index is 11.3. The number of amides is 1. The molecule has 2 heterocycles. The summed E-state index contributed by atoms with van der Waals surface area (Å²) in [5.41, 5.74) is 1.01. The molecule has 0 aliphatic heterocycles. The zero-order chi connectivity index (χ0) is 10.7. The number of pyridine rings is 1. The second kappa shape index (κ2) is 4.35. The first kappa shape index (κ1) is 10.0. The summed E-state index contributed by atoms with van der Waals surface area (Å²) in [5.74, 6) is 1.23. The van der Waals surface area contributed by atoms with Crippen LogP contribution >= 0.6 is 12.6 Å². The average Bonchev–Trinajstić information content (AvgIpc) is 2.59. The van der Waals surface area contributed by atoms with Gasteiger partial charge in [-0.05, 0) is 11.8 Å². The summed E-state index contributed by atoms with van der Waals surface area (Å²) in [4.78, 5) is 11.3. The molecule has 0 bridgehead atoms. The number of anilines is 1. The SMILES string of the molecule is O=C(CCS)Nc1cc2cccc[n+]2[nH]1. The molecule has 2 N–H and O–H groups in total. The number of aromatic nitrogens is 2. The highest BCUT2D eigenvalue weighted by Crippen LogP contribution is 2.05. The molecule has 0 atom stereocenters. The van der Waals surface area contributed by atoms with Gasteiger partial charge < -0.3 is 5.32 Å². The van der Waals surface area contributed by atoms with Crippen LogP contribution in [-0.2, 0) is 4.79 Å². The first-order valence-corrected chi connectivity index (χ1v) is 5.33. The van der Waals surface area contributed by atoms with Gasteiger partial charge in [-0.2, -0.15) is 12.6 Å². The molecule has 5 heteroatoms. The zero-order valence-corrected chi connectivity index (χ0v) is 9.00. The minimum Gasteiger partial charge on any atom is -0.308 e. The fourth-order valence-electron chi connectivity index (χ4n) is 1.36. The van der Waals surface area contributed by atoms with Crippen LogP contribution in [0.15, 0.2) is 30.5 Å². The Balaban J connectivity index is 2.18. The molecule has 1 amide bonds. The highest BCUT2D eigenvalue weighted by molar-refractivity contribution is 7.80. The van der Waals surface area contributed by atoms with E-state index in [-0.39, 0.29) is 5.91 Å². The molecule has 0 spiro atoms. The van der Waals surface area contributed by atoms with Gasteiger partial charge >= 0.3 is 0 Å². The Bertz CT molecular complexity index is 447. The minimum absolute atomic E-state index is 0.0304. The number of fused-ring (bicyclic) bond motifs is 1. The van der Waals surface area contributed by atoms with Crippen molar-refractivity contribution >= 4 is 29.9 Å². The normalized spacial score (nSPS) is 10.5. The molecule has 0 unspecified atom stereocenters. The molecule has 4 nitrogen and oxygen atoms in total. The Labute approximate surface area is 92.7 Å². The van der Waals surface area contributed by atoms with E-state index < -0.39 is 0 Å². The Hall–Kier alpha value is -1.49. The predicted octanol–water partition coefficient (Wildman–Crippen LogP) is 1.01. The van der Waals surface area contributed by atoms with Crippen LogP contribution in [0.1, 0.15) is 6.42 Å². The number of H-pyrrole nitrogens is 1. The van der Waals surface area contributed by atoms with Crippen LogP contribution in [0.25, 0.3) is 5.52 Å². The molecule has 0 radical (unpaired) electrons. The molecule has 78 valence electrons. The van der Waals surface area contributed by atoms with E-state index in [1.54, 1.807) is 0 Å². The second-order valence-electron chi connectivity index (χ2n) is 3.19. The Kier molecular flexibility index (Phi) is 2.91. The lowest BCUT2D eigenvalue weighted by Crippen LogP contribution is -2.22. The molecule has 0 saturated heterocycles. The van der Waals surface area contributed by atoms with E-state index >= 15 is 0 Å². The van der Waals surface area contributed by atoms with Gasteiger partial charge in [-0.3, -0.25) is 4.79 Å². The first-order valence-electron chi connectivity index (χ1n) is 4.70. The van der Waals surface area contributed by atoms with Gasteiger partial charge in [0.1, 0.15) is 0 Å². The first-order chi connectivity index (χ1) is 7.29. The van der Waals surface area contributed by atoms with E-state index in [1.807, 2.05) is 35.0 Å². The van der Waals surface area contributed by atoms with Crippen molar-refractivity contribution in [1.29, 1.82) is 0 Å². The van der Waals surface area contributed by atoms with Crippen molar-refractivity contribution in [3.63, 3.8) is 0 Å². The van der Waals surface area contributed by atoms with Crippen LogP contribution in [0.5, 0.6) is 0 Å². The standard InChI is InChI=1S/C10H11N3OS/c14-10(4-6-15)11-9-7-8-3-1-2-5-13(8)12-9/h1-3,5,7H,4,6H2,(H2,11,12,14,15)/p+1. The monoisotopic (exact) mass is 222 g/mol. The number of carbonyl (C=O) groups excluding carboxylic acids is 1. The quantitative estimate of drug-likeness (QED) is 0.527. The second-order valence-corrected chi connectivity index (χ2v) is 3.63. The third-order valence-electron chi connectivity index (χ3n) is 2.04. The number of carbonyl (C=O) groups is 1. The van der Waals surface area contributed by atoms with E-state index in [1.165, 1.54) is 0 Å². The number of hydrogen-bond acceptors (Lipinski definition) is 2. The van der Waals surface area contributed by atoms with Gasteiger partial charge in [0.25, 0.3) is 0 Å². The van der Waals surface area contributed by atoms with Crippen LogP contribution < -0.4 is 9.83 Å². The summed E-state index contributed by atoms with van der Waals surface area (Å²) >= 11 is 4.00. The predicted molar refractivity (Wildman–Crippen MR) is 61.1 cm³/mol. The van der Waals surface area contributed by atoms with E-state index in [4.69, 9.17) is 0 Å². The summed E-state index contributed by atoms with van der Waals surface area (Å²) < 4.78 is 1.84. The summed E-state index contributed by atoms with van der Waals surface area (Å²) in [6, 6.07) is 7.71. The van der Waals surface area contributed by atoms with Gasteiger partial charge in [-0.15, -0.1) is 5.10 Å². The number of nitrogens with one attached hydrogen (secondary N) is 2. The molecule has 0 aromatic carbocycles. The van der Waals surface area contributed by atoms with Crippen molar-refractivity contribution in [2.75, 3.05) is 11.1 Å². The minimum atomic E-state index is -0.0304. The molecule has 2 aromatic heterocycles. The summed E-state index contributed by atoms with van der Waals surface area (Å²) in [7, 11) is 0. The van der Waals surface area contributed by atoms with Crippen molar-refractivity contribution in [2.45, 2.75) is 6.42 Å². The maximum atomic E-state index is 11.3. The topological polar surface area (TPSA) is 49.0 Å². The average molecular weight is 222 g/mol. The molecule has 0 aliphatic carbocycles. The fraction of sp³-hybridized carbons (Fsp3) is 0.200. The molecular weight excluding hydrogens is 210 g/mol. The summed E-state index contributed by atoms with van der Waals surface area (Å²) in [6.07, 6.45) is 2.31. The third-order valence-corrected chi connectivity index (χ3v) is 2.26. The number of hydrogen-bond donors (Lipinski definition) is 3. The Morgan fingerprint density at radius 3 is 3.13 bits per heavy atom. The van der Waals surface area contributed by atoms with Gasteiger partial charge in [0.05, 0.1) is 6.07 Å². The van der Waals surface area contributed by atoms with Crippen molar-refractivity contribution in [2.24, 2.45) is 0 Å². The zero-order valence-electron chi connectivity index (χ0n) is 8.10. The maximum Gasteiger partial charge on any atom is 0.239 e. The van der Waals surface area contributed by atoms with E-state index in [0.717, 1.165) is 5.52 Å². The fourth-order valence-corrected chi connectivity index (χ4v) is 1.57. The highest BCUT2D eigenvalue weighted by Gasteiger charge is 2.08. The lowest BCUT2D eigenvalue weighted by Gasteiger charge is -1.96. The Morgan fingerprint density at radius 1 is 1.53 bits per heavy atom. The van der Waals surface area contributed by atoms with Gasteiger partial charge in [-0.1, -0.05) is 4.52 Å². The van der Waals surface area contributed by atoms with Crippen LogP contribution in [0.3, 0.4) is 0 Å². The summed E-state index contributed by atoms with van der Waals surface area (Å²) in [6.45, 7) is 0. The number of nitrogens with zero attached hydrogens (tertiary/aromatic N) is 1. The third kappa shape index (κ3) is 2.30. The highest BCUT2D eigenvalue weighted by atomic mass is 32.1. The van der Waals surface area contributed by atoms with Crippen molar-refractivity contribution in [3.8, 4) is 0 Å². The van der Waals surface area contributed by atoms with Crippen LogP contribution in [0.4, 0.5) is 5.82 Å². The van der Waals surface area contributed by atoms with Gasteiger partial charge in [0.15, 0.2) is 5.82 Å². The number of rotatable bonds is 3. The van der Waals surface area contributed by atoms with Crippen LogP contribution in [0, 0.1) is 0 Å². The number of aromatic amines is 1. The van der Waals surface area contributed by atoms with E-state index in [0.29, 0.717) is 18.0 Å². The Morgan fingerprint density at radius 2 is 2.40 bits per heavy atom. The smallest absolute Gasteiger partial charge is 0.239 e. The largest absolute Gasteiger partial charge is 0.308 e. The molecule has 15 heavy (non-hydrogen) atoms. The van der Waals surface area contributed by atoms with E-state index in [9.17, 15) is 4.79 Å². The molecule has 2 aromatic rings. The van der Waals surface area contributed by atoms with Gasteiger partial charge in [0, 0.05) is 18.6 Å². The van der Waals surface area contributed by atoms with Crippen molar-refractivity contribution in [1.82, 2.24) is 5.10 Å².